The van der Waals surface area contributed by atoms with Gasteiger partial charge in [0.15, 0.2) is 0 Å². The Hall–Kier alpha value is -2.05. The van der Waals surface area contributed by atoms with Gasteiger partial charge in [0.25, 0.3) is 10.1 Å². The lowest BCUT2D eigenvalue weighted by atomic mass is 10.0. The van der Waals surface area contributed by atoms with Crippen LogP contribution < -0.4 is 4.74 Å². The quantitative estimate of drug-likeness (QED) is 0.377. The number of hydrogen-bond donors (Lipinski definition) is 2. The summed E-state index contributed by atoms with van der Waals surface area (Å²) >= 11 is 0. The zero-order valence-corrected chi connectivity index (χ0v) is 16.5. The zero-order valence-electron chi connectivity index (χ0n) is 15.7. The molecule has 2 aromatic rings. The van der Waals surface area contributed by atoms with Crippen LogP contribution in [0.5, 0.6) is 17.2 Å². The molecule has 0 saturated heterocycles. The average molecular weight is 393 g/mol. The summed E-state index contributed by atoms with van der Waals surface area (Å²) in [6, 6.07) is 10.8. The predicted octanol–water partition coefficient (Wildman–Crippen LogP) is 5.72. The topological polar surface area (TPSA) is 83.8 Å². The van der Waals surface area contributed by atoms with E-state index >= 15 is 0 Å². The molecule has 0 aliphatic rings. The molecule has 0 aromatic heterocycles. The second-order valence-corrected chi connectivity index (χ2v) is 8.11. The minimum absolute atomic E-state index is 0.0616. The van der Waals surface area contributed by atoms with E-state index in [-0.39, 0.29) is 16.4 Å². The molecular weight excluding hydrogens is 364 g/mol. The molecule has 0 aliphatic carbocycles. The smallest absolute Gasteiger partial charge is 0.298 e. The van der Waals surface area contributed by atoms with Crippen molar-refractivity contribution in [3.05, 3.63) is 48.0 Å². The van der Waals surface area contributed by atoms with Crippen molar-refractivity contribution >= 4 is 10.1 Å². The van der Waals surface area contributed by atoms with Gasteiger partial charge in [0, 0.05) is 0 Å². The summed E-state index contributed by atoms with van der Waals surface area (Å²) in [4.78, 5) is -0.240. The van der Waals surface area contributed by atoms with E-state index in [4.69, 9.17) is 4.74 Å². The van der Waals surface area contributed by atoms with Crippen molar-refractivity contribution in [3.8, 4) is 17.2 Å². The average Bonchev–Trinajstić information content (AvgIpc) is 2.63. The largest absolute Gasteiger partial charge is 0.508 e. The predicted molar refractivity (Wildman–Crippen MR) is 106 cm³/mol. The highest BCUT2D eigenvalue weighted by atomic mass is 32.2. The van der Waals surface area contributed by atoms with Gasteiger partial charge in [-0.25, -0.2) is 0 Å². The summed E-state index contributed by atoms with van der Waals surface area (Å²) in [5, 5.41) is 9.31. The third-order valence-corrected chi connectivity index (χ3v) is 5.29. The number of aromatic hydroxyl groups is 1. The lowest BCUT2D eigenvalue weighted by Crippen LogP contribution is -2.02. The van der Waals surface area contributed by atoms with Crippen LogP contribution in [0.2, 0.25) is 0 Å². The monoisotopic (exact) mass is 392 g/mol. The highest BCUT2D eigenvalue weighted by Gasteiger charge is 2.18. The van der Waals surface area contributed by atoms with Crippen molar-refractivity contribution in [1.82, 2.24) is 0 Å². The molecule has 0 radical (unpaired) electrons. The Bertz CT molecular complexity index is 813. The number of ether oxygens (including phenoxy) is 1. The molecule has 5 nitrogen and oxygen atoms in total. The van der Waals surface area contributed by atoms with Crippen molar-refractivity contribution in [3.63, 3.8) is 0 Å². The van der Waals surface area contributed by atoms with E-state index in [1.807, 2.05) is 6.07 Å². The van der Waals surface area contributed by atoms with E-state index in [0.717, 1.165) is 24.8 Å². The molecule has 0 bridgehead atoms. The van der Waals surface area contributed by atoms with Crippen molar-refractivity contribution in [2.45, 2.75) is 63.2 Å². The first-order valence-corrected chi connectivity index (χ1v) is 10.9. The number of rotatable bonds is 11. The first kappa shape index (κ1) is 21.3. The molecular formula is C21H28O5S. The fraction of sp³-hybridized carbons (Fsp3) is 0.429. The van der Waals surface area contributed by atoms with Gasteiger partial charge in [-0.1, -0.05) is 51.5 Å². The molecule has 0 heterocycles. The molecule has 27 heavy (non-hydrogen) atoms. The van der Waals surface area contributed by atoms with Gasteiger partial charge >= 0.3 is 0 Å². The van der Waals surface area contributed by atoms with Gasteiger partial charge < -0.3 is 9.84 Å². The number of phenolic OH excluding ortho intramolecular Hbond substituents is 1. The van der Waals surface area contributed by atoms with E-state index in [2.05, 4.69) is 6.92 Å². The van der Waals surface area contributed by atoms with Crippen molar-refractivity contribution in [1.29, 1.82) is 0 Å². The first-order valence-electron chi connectivity index (χ1n) is 9.47. The molecule has 148 valence electrons. The summed E-state index contributed by atoms with van der Waals surface area (Å²) in [7, 11) is -4.40. The van der Waals surface area contributed by atoms with Crippen LogP contribution in [-0.2, 0) is 16.5 Å². The van der Waals surface area contributed by atoms with Crippen molar-refractivity contribution < 1.29 is 22.8 Å². The van der Waals surface area contributed by atoms with Crippen LogP contribution in [0.15, 0.2) is 47.4 Å². The maximum atomic E-state index is 11.8. The van der Waals surface area contributed by atoms with Crippen LogP contribution in [0.4, 0.5) is 0 Å². The number of benzene rings is 2. The number of unbranched alkanes of at least 4 members (excludes halogenated alkanes) is 6. The Morgan fingerprint density at radius 3 is 2.15 bits per heavy atom. The lowest BCUT2D eigenvalue weighted by Gasteiger charge is -2.11. The van der Waals surface area contributed by atoms with Crippen LogP contribution in [0.25, 0.3) is 0 Å². The van der Waals surface area contributed by atoms with E-state index in [1.165, 1.54) is 62.4 Å². The van der Waals surface area contributed by atoms with Gasteiger partial charge in [-0.05, 0) is 54.8 Å². The molecule has 2 aromatic carbocycles. The second-order valence-electron chi connectivity index (χ2n) is 6.72. The molecule has 0 spiro atoms. The lowest BCUT2D eigenvalue weighted by molar-refractivity contribution is 0.445. The number of aryl methyl sites for hydroxylation is 1. The second kappa shape index (κ2) is 10.3. The molecule has 0 aliphatic heterocycles. The van der Waals surface area contributed by atoms with Gasteiger partial charge in [-0.2, -0.15) is 8.42 Å². The van der Waals surface area contributed by atoms with Crippen LogP contribution in [0.3, 0.4) is 0 Å². The molecule has 6 heteroatoms. The zero-order chi connectivity index (χ0) is 19.7. The summed E-state index contributed by atoms with van der Waals surface area (Å²) in [6.45, 7) is 2.20. The Labute approximate surface area is 161 Å². The summed E-state index contributed by atoms with van der Waals surface area (Å²) in [6.07, 6.45) is 9.06. The standard InChI is InChI=1S/C21H28O5S/c1-2-3-4-5-6-7-8-9-17-10-15-20(21(16-17)27(23,24)25)26-19-13-11-18(22)12-14-19/h10-16,22H,2-9H2,1H3,(H,23,24,25). The molecule has 2 rings (SSSR count). The van der Waals surface area contributed by atoms with Crippen LogP contribution in [-0.4, -0.2) is 18.1 Å². The SMILES string of the molecule is CCCCCCCCCc1ccc(Oc2ccc(O)cc2)c(S(=O)(=O)O)c1. The molecule has 0 saturated carbocycles. The highest BCUT2D eigenvalue weighted by molar-refractivity contribution is 7.86. The Morgan fingerprint density at radius 1 is 0.889 bits per heavy atom. The van der Waals surface area contributed by atoms with E-state index < -0.39 is 10.1 Å². The minimum atomic E-state index is -4.40. The van der Waals surface area contributed by atoms with Crippen LogP contribution >= 0.6 is 0 Å². The summed E-state index contributed by atoms with van der Waals surface area (Å²) in [5.74, 6) is 0.520. The summed E-state index contributed by atoms with van der Waals surface area (Å²) in [5.41, 5.74) is 0.856. The Kier molecular flexibility index (Phi) is 8.13. The molecule has 2 N–H and O–H groups in total. The minimum Gasteiger partial charge on any atom is -0.508 e. The summed E-state index contributed by atoms with van der Waals surface area (Å²) < 4.78 is 38.7. The number of phenols is 1. The van der Waals surface area contributed by atoms with Gasteiger partial charge in [-0.3, -0.25) is 4.55 Å². The third kappa shape index (κ3) is 7.23. The van der Waals surface area contributed by atoms with Gasteiger partial charge in [0.2, 0.25) is 0 Å². The van der Waals surface area contributed by atoms with E-state index in [1.54, 1.807) is 6.07 Å². The van der Waals surface area contributed by atoms with Gasteiger partial charge in [-0.15, -0.1) is 0 Å². The number of hydrogen-bond acceptors (Lipinski definition) is 4. The van der Waals surface area contributed by atoms with Crippen LogP contribution in [0.1, 0.15) is 57.4 Å². The Balaban J connectivity index is 2.01. The third-order valence-electron chi connectivity index (χ3n) is 4.42. The highest BCUT2D eigenvalue weighted by Crippen LogP contribution is 2.31. The normalized spacial score (nSPS) is 11.5. The maximum Gasteiger partial charge on any atom is 0.298 e. The van der Waals surface area contributed by atoms with Crippen molar-refractivity contribution in [2.75, 3.05) is 0 Å². The van der Waals surface area contributed by atoms with Gasteiger partial charge in [0.1, 0.15) is 22.1 Å². The Morgan fingerprint density at radius 2 is 1.52 bits per heavy atom. The molecule has 0 amide bonds. The molecule has 0 atom stereocenters. The fourth-order valence-corrected chi connectivity index (χ4v) is 3.59. The van der Waals surface area contributed by atoms with Gasteiger partial charge in [0.05, 0.1) is 0 Å². The fourth-order valence-electron chi connectivity index (χ4n) is 2.92. The molecule has 0 unspecified atom stereocenters. The van der Waals surface area contributed by atoms with Crippen LogP contribution in [0, 0.1) is 0 Å². The molecule has 0 fully saturated rings. The van der Waals surface area contributed by atoms with E-state index in [0.29, 0.717) is 5.75 Å². The first-order chi connectivity index (χ1) is 12.9. The van der Waals surface area contributed by atoms with E-state index in [9.17, 15) is 18.1 Å². The maximum absolute atomic E-state index is 11.8. The van der Waals surface area contributed by atoms with Crippen molar-refractivity contribution in [2.24, 2.45) is 0 Å².